The molecular weight excluding hydrogens is 359 g/mol. The lowest BCUT2D eigenvalue weighted by molar-refractivity contribution is 0.101. The largest absolute Gasteiger partial charge is 0.484 e. The highest BCUT2D eigenvalue weighted by molar-refractivity contribution is 6.35. The van der Waals surface area contributed by atoms with Gasteiger partial charge in [0, 0.05) is 33.6 Å². The van der Waals surface area contributed by atoms with Crippen LogP contribution in [-0.2, 0) is 6.54 Å². The first kappa shape index (κ1) is 17.5. The van der Waals surface area contributed by atoms with E-state index in [-0.39, 0.29) is 11.9 Å². The average molecular weight is 375 g/mol. The molecule has 4 nitrogen and oxygen atoms in total. The van der Waals surface area contributed by atoms with Crippen molar-refractivity contribution in [1.82, 2.24) is 9.55 Å². The van der Waals surface area contributed by atoms with E-state index in [1.807, 2.05) is 16.8 Å². The number of rotatable bonds is 6. The highest BCUT2D eigenvalue weighted by Crippen LogP contribution is 2.31. The summed E-state index contributed by atoms with van der Waals surface area (Å²) in [7, 11) is 0. The molecular formula is C19H16Cl2N2O2. The van der Waals surface area contributed by atoms with Gasteiger partial charge in [0.15, 0.2) is 5.78 Å². The molecule has 0 N–H and O–H groups in total. The lowest BCUT2D eigenvalue weighted by Gasteiger charge is -2.21. The van der Waals surface area contributed by atoms with E-state index in [0.717, 1.165) is 5.56 Å². The molecule has 0 bridgehead atoms. The Hall–Kier alpha value is -2.30. The number of hydrogen-bond donors (Lipinski definition) is 0. The fourth-order valence-corrected chi connectivity index (χ4v) is 3.01. The SMILES string of the molecule is CC(=O)c1ccc(OC(Cn2ccnc2)c2ccc(Cl)cc2Cl)cc1. The maximum atomic E-state index is 11.4. The van der Waals surface area contributed by atoms with Crippen LogP contribution in [0, 0.1) is 0 Å². The van der Waals surface area contributed by atoms with Crippen molar-refractivity contribution in [2.75, 3.05) is 0 Å². The molecule has 0 spiro atoms. The highest BCUT2D eigenvalue weighted by Gasteiger charge is 2.18. The van der Waals surface area contributed by atoms with Crippen molar-refractivity contribution < 1.29 is 9.53 Å². The maximum Gasteiger partial charge on any atom is 0.159 e. The van der Waals surface area contributed by atoms with Crippen LogP contribution in [0.3, 0.4) is 0 Å². The summed E-state index contributed by atoms with van der Waals surface area (Å²) in [4.78, 5) is 15.5. The second-order valence-corrected chi connectivity index (χ2v) is 6.46. The predicted molar refractivity (Wildman–Crippen MR) is 98.5 cm³/mol. The second kappa shape index (κ2) is 7.72. The van der Waals surface area contributed by atoms with Gasteiger partial charge in [-0.1, -0.05) is 29.3 Å². The van der Waals surface area contributed by atoms with E-state index in [1.165, 1.54) is 6.92 Å². The Morgan fingerprint density at radius 3 is 2.56 bits per heavy atom. The summed E-state index contributed by atoms with van der Waals surface area (Å²) in [5, 5.41) is 1.11. The van der Waals surface area contributed by atoms with E-state index in [1.54, 1.807) is 48.9 Å². The molecule has 1 aromatic heterocycles. The van der Waals surface area contributed by atoms with Gasteiger partial charge in [-0.3, -0.25) is 4.79 Å². The number of halogens is 2. The maximum absolute atomic E-state index is 11.4. The number of carbonyl (C=O) groups excluding carboxylic acids is 1. The normalized spacial score (nSPS) is 12.0. The Morgan fingerprint density at radius 1 is 1.20 bits per heavy atom. The highest BCUT2D eigenvalue weighted by atomic mass is 35.5. The average Bonchev–Trinajstić information content (AvgIpc) is 3.08. The van der Waals surface area contributed by atoms with Gasteiger partial charge in [-0.2, -0.15) is 0 Å². The number of benzene rings is 2. The zero-order valence-corrected chi connectivity index (χ0v) is 15.0. The number of ether oxygens (including phenoxy) is 1. The van der Waals surface area contributed by atoms with Crippen molar-refractivity contribution >= 4 is 29.0 Å². The van der Waals surface area contributed by atoms with Crippen LogP contribution in [0.4, 0.5) is 0 Å². The topological polar surface area (TPSA) is 44.1 Å². The Balaban J connectivity index is 1.89. The summed E-state index contributed by atoms with van der Waals surface area (Å²) in [6, 6.07) is 12.4. The number of Topliss-reactive ketones (excluding diaryl/α,β-unsaturated/α-hetero) is 1. The molecule has 25 heavy (non-hydrogen) atoms. The van der Waals surface area contributed by atoms with Crippen molar-refractivity contribution in [3.8, 4) is 5.75 Å². The Kier molecular flexibility index (Phi) is 5.41. The van der Waals surface area contributed by atoms with Gasteiger partial charge in [-0.15, -0.1) is 0 Å². The lowest BCUT2D eigenvalue weighted by Crippen LogP contribution is -2.15. The molecule has 3 rings (SSSR count). The molecule has 1 atom stereocenters. The summed E-state index contributed by atoms with van der Waals surface area (Å²) in [5.74, 6) is 0.670. The monoisotopic (exact) mass is 374 g/mol. The summed E-state index contributed by atoms with van der Waals surface area (Å²) < 4.78 is 8.06. The van der Waals surface area contributed by atoms with Crippen LogP contribution in [0.2, 0.25) is 10.0 Å². The molecule has 0 aliphatic heterocycles. The molecule has 0 amide bonds. The molecule has 0 saturated carbocycles. The second-order valence-electron chi connectivity index (χ2n) is 5.61. The Labute approximate surface area is 156 Å². The zero-order chi connectivity index (χ0) is 17.8. The number of imidazole rings is 1. The van der Waals surface area contributed by atoms with Crippen LogP contribution < -0.4 is 4.74 Å². The van der Waals surface area contributed by atoms with Crippen molar-refractivity contribution in [2.45, 2.75) is 19.6 Å². The number of ketones is 1. The van der Waals surface area contributed by atoms with Crippen molar-refractivity contribution in [1.29, 1.82) is 0 Å². The fraction of sp³-hybridized carbons (Fsp3) is 0.158. The quantitative estimate of drug-likeness (QED) is 0.556. The minimum absolute atomic E-state index is 0.0160. The van der Waals surface area contributed by atoms with Crippen LogP contribution in [0.5, 0.6) is 5.75 Å². The summed E-state index contributed by atoms with van der Waals surface area (Å²) in [6.07, 6.45) is 4.96. The first-order valence-corrected chi connectivity index (χ1v) is 8.47. The fourth-order valence-electron chi connectivity index (χ4n) is 2.48. The van der Waals surface area contributed by atoms with Gasteiger partial charge in [-0.05, 0) is 43.3 Å². The molecule has 6 heteroatoms. The van der Waals surface area contributed by atoms with Gasteiger partial charge in [0.05, 0.1) is 12.9 Å². The van der Waals surface area contributed by atoms with Gasteiger partial charge in [0.1, 0.15) is 11.9 Å². The molecule has 1 unspecified atom stereocenters. The van der Waals surface area contributed by atoms with Crippen molar-refractivity contribution in [3.05, 3.63) is 82.4 Å². The molecule has 128 valence electrons. The van der Waals surface area contributed by atoms with E-state index in [2.05, 4.69) is 4.98 Å². The molecule has 1 heterocycles. The van der Waals surface area contributed by atoms with Crippen LogP contribution in [0.1, 0.15) is 28.9 Å². The number of hydrogen-bond acceptors (Lipinski definition) is 3. The zero-order valence-electron chi connectivity index (χ0n) is 13.5. The standard InChI is InChI=1S/C19H16Cl2N2O2/c1-13(24)14-2-5-16(6-3-14)25-19(11-23-9-8-22-12-23)17-7-4-15(20)10-18(17)21/h2-10,12,19H,11H2,1H3. The molecule has 0 aliphatic carbocycles. The van der Waals surface area contributed by atoms with E-state index in [0.29, 0.717) is 27.9 Å². The predicted octanol–water partition coefficient (Wildman–Crippen LogP) is 5.21. The molecule has 0 radical (unpaired) electrons. The van der Waals surface area contributed by atoms with Gasteiger partial charge in [0.25, 0.3) is 0 Å². The summed E-state index contributed by atoms with van der Waals surface area (Å²) in [6.45, 7) is 2.07. The Morgan fingerprint density at radius 2 is 1.96 bits per heavy atom. The van der Waals surface area contributed by atoms with E-state index in [9.17, 15) is 4.79 Å². The summed E-state index contributed by atoms with van der Waals surface area (Å²) in [5.41, 5.74) is 1.47. The first-order valence-electron chi connectivity index (χ1n) is 7.71. The van der Waals surface area contributed by atoms with Crippen LogP contribution >= 0.6 is 23.2 Å². The van der Waals surface area contributed by atoms with E-state index >= 15 is 0 Å². The molecule has 3 aromatic rings. The third-order valence-electron chi connectivity index (χ3n) is 3.78. The van der Waals surface area contributed by atoms with Crippen LogP contribution in [0.25, 0.3) is 0 Å². The number of nitrogens with zero attached hydrogens (tertiary/aromatic N) is 2. The molecule has 0 saturated heterocycles. The third-order valence-corrected chi connectivity index (χ3v) is 4.35. The Bertz CT molecular complexity index is 862. The van der Waals surface area contributed by atoms with E-state index in [4.69, 9.17) is 27.9 Å². The smallest absolute Gasteiger partial charge is 0.159 e. The van der Waals surface area contributed by atoms with Gasteiger partial charge in [-0.25, -0.2) is 4.98 Å². The molecule has 0 fully saturated rings. The molecule has 2 aromatic carbocycles. The minimum Gasteiger partial charge on any atom is -0.484 e. The number of carbonyl (C=O) groups is 1. The number of aromatic nitrogens is 2. The van der Waals surface area contributed by atoms with Gasteiger partial charge >= 0.3 is 0 Å². The third kappa shape index (κ3) is 4.41. The molecule has 0 aliphatic rings. The van der Waals surface area contributed by atoms with E-state index < -0.39 is 0 Å². The lowest BCUT2D eigenvalue weighted by atomic mass is 10.1. The van der Waals surface area contributed by atoms with Crippen molar-refractivity contribution in [2.24, 2.45) is 0 Å². The first-order chi connectivity index (χ1) is 12.0. The summed E-state index contributed by atoms with van der Waals surface area (Å²) >= 11 is 12.4. The van der Waals surface area contributed by atoms with Crippen molar-refractivity contribution in [3.63, 3.8) is 0 Å². The van der Waals surface area contributed by atoms with Gasteiger partial charge < -0.3 is 9.30 Å². The minimum atomic E-state index is -0.331. The van der Waals surface area contributed by atoms with Crippen LogP contribution in [-0.4, -0.2) is 15.3 Å². The van der Waals surface area contributed by atoms with Crippen LogP contribution in [0.15, 0.2) is 61.2 Å². The van der Waals surface area contributed by atoms with Gasteiger partial charge in [0.2, 0.25) is 0 Å².